The first-order valence-electron chi connectivity index (χ1n) is 4.01. The summed E-state index contributed by atoms with van der Waals surface area (Å²) in [6.07, 6.45) is 3.54. The molecule has 1 rings (SSSR count). The lowest BCUT2D eigenvalue weighted by molar-refractivity contribution is -0.0391. The van der Waals surface area contributed by atoms with Gasteiger partial charge in [-0.1, -0.05) is 6.42 Å². The summed E-state index contributed by atoms with van der Waals surface area (Å²) < 4.78 is 5.27. The highest BCUT2D eigenvalue weighted by Gasteiger charge is 2.36. The maximum absolute atomic E-state index is 8.98. The molecule has 0 heterocycles. The van der Waals surface area contributed by atoms with Gasteiger partial charge in [-0.05, 0) is 19.8 Å². The summed E-state index contributed by atoms with van der Waals surface area (Å²) in [4.78, 5) is 0. The minimum atomic E-state index is 0.149. The average Bonchev–Trinajstić information content (AvgIpc) is 1.87. The quantitative estimate of drug-likeness (QED) is 0.642. The maximum atomic E-state index is 8.98. The van der Waals surface area contributed by atoms with Crippen LogP contribution in [-0.4, -0.2) is 24.9 Å². The predicted molar refractivity (Wildman–Crippen MR) is 39.9 cm³/mol. The smallest absolute Gasteiger partial charge is 0.0544 e. The van der Waals surface area contributed by atoms with Crippen molar-refractivity contribution in [3.8, 4) is 0 Å². The Labute approximate surface area is 62.2 Å². The monoisotopic (exact) mass is 144 g/mol. The van der Waals surface area contributed by atoms with Crippen molar-refractivity contribution in [1.29, 1.82) is 0 Å². The van der Waals surface area contributed by atoms with Gasteiger partial charge in [-0.2, -0.15) is 0 Å². The van der Waals surface area contributed by atoms with E-state index in [-0.39, 0.29) is 5.41 Å². The van der Waals surface area contributed by atoms with E-state index in [4.69, 9.17) is 9.84 Å². The summed E-state index contributed by atoms with van der Waals surface area (Å²) in [5.41, 5.74) is 0.149. The lowest BCUT2D eigenvalue weighted by atomic mass is 9.70. The van der Waals surface area contributed by atoms with Crippen LogP contribution in [0.1, 0.15) is 26.2 Å². The van der Waals surface area contributed by atoms with Gasteiger partial charge in [-0.3, -0.25) is 0 Å². The highest BCUT2D eigenvalue weighted by molar-refractivity contribution is 4.86. The molecule has 10 heavy (non-hydrogen) atoms. The predicted octanol–water partition coefficient (Wildman–Crippen LogP) is 1.19. The second-order valence-electron chi connectivity index (χ2n) is 3.15. The average molecular weight is 144 g/mol. The molecule has 0 aromatic heterocycles. The van der Waals surface area contributed by atoms with Gasteiger partial charge in [-0.25, -0.2) is 0 Å². The Kier molecular flexibility index (Phi) is 2.69. The van der Waals surface area contributed by atoms with Crippen LogP contribution in [-0.2, 0) is 4.74 Å². The Hall–Kier alpha value is -0.0800. The van der Waals surface area contributed by atoms with Gasteiger partial charge >= 0.3 is 0 Å². The van der Waals surface area contributed by atoms with E-state index in [1.165, 1.54) is 6.42 Å². The largest absolute Gasteiger partial charge is 0.396 e. The van der Waals surface area contributed by atoms with Crippen molar-refractivity contribution in [3.63, 3.8) is 0 Å². The van der Waals surface area contributed by atoms with Gasteiger partial charge in [0.25, 0.3) is 0 Å². The van der Waals surface area contributed by atoms with Crippen molar-refractivity contribution in [2.24, 2.45) is 5.41 Å². The van der Waals surface area contributed by atoms with Gasteiger partial charge < -0.3 is 9.84 Å². The molecular formula is C8H16O2. The standard InChI is InChI=1S/C8H16O2/c1-2-10-7-8(6-9)4-3-5-8/h9H,2-7H2,1H3. The zero-order valence-electron chi connectivity index (χ0n) is 6.60. The molecule has 1 aliphatic carbocycles. The van der Waals surface area contributed by atoms with E-state index in [1.54, 1.807) is 0 Å². The van der Waals surface area contributed by atoms with Crippen LogP contribution in [0.2, 0.25) is 0 Å². The summed E-state index contributed by atoms with van der Waals surface area (Å²) in [7, 11) is 0. The van der Waals surface area contributed by atoms with Crippen LogP contribution in [0.15, 0.2) is 0 Å². The molecule has 2 nitrogen and oxygen atoms in total. The second-order valence-corrected chi connectivity index (χ2v) is 3.15. The topological polar surface area (TPSA) is 29.5 Å². The number of aliphatic hydroxyl groups is 1. The molecule has 0 radical (unpaired) electrons. The van der Waals surface area contributed by atoms with Crippen molar-refractivity contribution >= 4 is 0 Å². The van der Waals surface area contributed by atoms with E-state index in [9.17, 15) is 0 Å². The van der Waals surface area contributed by atoms with Crippen molar-refractivity contribution in [1.82, 2.24) is 0 Å². The molecule has 0 aromatic carbocycles. The molecule has 0 saturated heterocycles. The molecule has 0 unspecified atom stereocenters. The fraction of sp³-hybridized carbons (Fsp3) is 1.00. The van der Waals surface area contributed by atoms with Gasteiger partial charge in [-0.15, -0.1) is 0 Å². The molecule has 1 aliphatic rings. The highest BCUT2D eigenvalue weighted by Crippen LogP contribution is 2.40. The fourth-order valence-electron chi connectivity index (χ4n) is 1.34. The molecule has 0 amide bonds. The first-order valence-corrected chi connectivity index (χ1v) is 4.01. The minimum Gasteiger partial charge on any atom is -0.396 e. The Morgan fingerprint density at radius 1 is 1.50 bits per heavy atom. The SMILES string of the molecule is CCOCC1(CO)CCC1. The highest BCUT2D eigenvalue weighted by atomic mass is 16.5. The molecule has 0 bridgehead atoms. The van der Waals surface area contributed by atoms with Crippen molar-refractivity contribution < 1.29 is 9.84 Å². The van der Waals surface area contributed by atoms with E-state index in [0.29, 0.717) is 6.61 Å². The molecule has 0 aliphatic heterocycles. The lowest BCUT2D eigenvalue weighted by Gasteiger charge is -2.39. The lowest BCUT2D eigenvalue weighted by Crippen LogP contribution is -2.37. The summed E-state index contributed by atoms with van der Waals surface area (Å²) in [5.74, 6) is 0. The number of hydrogen-bond acceptors (Lipinski definition) is 2. The Morgan fingerprint density at radius 3 is 2.50 bits per heavy atom. The summed E-state index contributed by atoms with van der Waals surface area (Å²) in [5, 5.41) is 8.98. The first kappa shape index (κ1) is 8.02. The number of rotatable bonds is 4. The molecule has 0 atom stereocenters. The molecular weight excluding hydrogens is 128 g/mol. The third-order valence-corrected chi connectivity index (χ3v) is 2.36. The zero-order chi connectivity index (χ0) is 7.45. The Balaban J connectivity index is 2.20. The molecule has 0 spiro atoms. The third kappa shape index (κ3) is 1.50. The molecule has 2 heteroatoms. The van der Waals surface area contributed by atoms with Crippen LogP contribution in [0, 0.1) is 5.41 Å². The van der Waals surface area contributed by atoms with E-state index >= 15 is 0 Å². The van der Waals surface area contributed by atoms with Crippen LogP contribution in [0.5, 0.6) is 0 Å². The van der Waals surface area contributed by atoms with Gasteiger partial charge in [0, 0.05) is 12.0 Å². The fourth-order valence-corrected chi connectivity index (χ4v) is 1.34. The van der Waals surface area contributed by atoms with Crippen LogP contribution >= 0.6 is 0 Å². The van der Waals surface area contributed by atoms with Crippen molar-refractivity contribution in [3.05, 3.63) is 0 Å². The van der Waals surface area contributed by atoms with Crippen LogP contribution in [0.3, 0.4) is 0 Å². The Morgan fingerprint density at radius 2 is 2.20 bits per heavy atom. The van der Waals surface area contributed by atoms with Gasteiger partial charge in [0.1, 0.15) is 0 Å². The van der Waals surface area contributed by atoms with E-state index < -0.39 is 0 Å². The van der Waals surface area contributed by atoms with Crippen molar-refractivity contribution in [2.75, 3.05) is 19.8 Å². The summed E-state index contributed by atoms with van der Waals surface area (Å²) in [6, 6.07) is 0. The Bertz CT molecular complexity index is 91.9. The van der Waals surface area contributed by atoms with E-state index in [0.717, 1.165) is 26.1 Å². The third-order valence-electron chi connectivity index (χ3n) is 2.36. The van der Waals surface area contributed by atoms with Gasteiger partial charge in [0.15, 0.2) is 0 Å². The van der Waals surface area contributed by atoms with Gasteiger partial charge in [0.05, 0.1) is 13.2 Å². The molecule has 1 saturated carbocycles. The number of hydrogen-bond donors (Lipinski definition) is 1. The molecule has 1 N–H and O–H groups in total. The van der Waals surface area contributed by atoms with Crippen LogP contribution in [0.4, 0.5) is 0 Å². The normalized spacial score (nSPS) is 22.2. The summed E-state index contributed by atoms with van der Waals surface area (Å²) >= 11 is 0. The number of aliphatic hydroxyl groups excluding tert-OH is 1. The molecule has 1 fully saturated rings. The van der Waals surface area contributed by atoms with E-state index in [1.807, 2.05) is 6.92 Å². The van der Waals surface area contributed by atoms with Crippen LogP contribution in [0.25, 0.3) is 0 Å². The van der Waals surface area contributed by atoms with E-state index in [2.05, 4.69) is 0 Å². The minimum absolute atomic E-state index is 0.149. The molecule has 60 valence electrons. The maximum Gasteiger partial charge on any atom is 0.0544 e. The molecule has 0 aromatic rings. The first-order chi connectivity index (χ1) is 4.83. The number of ether oxygens (including phenoxy) is 1. The second kappa shape index (κ2) is 3.35. The van der Waals surface area contributed by atoms with Crippen LogP contribution < -0.4 is 0 Å². The van der Waals surface area contributed by atoms with Gasteiger partial charge in [0.2, 0.25) is 0 Å². The zero-order valence-corrected chi connectivity index (χ0v) is 6.60. The van der Waals surface area contributed by atoms with Crippen molar-refractivity contribution in [2.45, 2.75) is 26.2 Å². The summed E-state index contributed by atoms with van der Waals surface area (Å²) in [6.45, 7) is 3.80.